The van der Waals surface area contributed by atoms with Gasteiger partial charge in [-0.05, 0) is 113 Å². The van der Waals surface area contributed by atoms with E-state index in [4.69, 9.17) is 0 Å². The van der Waals surface area contributed by atoms with E-state index >= 15 is 0 Å². The minimum Gasteiger partial charge on any atom is -0.390 e. The van der Waals surface area contributed by atoms with Crippen LogP contribution in [-0.2, 0) is 0 Å². The van der Waals surface area contributed by atoms with E-state index in [0.717, 1.165) is 48.3 Å². The summed E-state index contributed by atoms with van der Waals surface area (Å²) < 4.78 is 2.10. The Balaban J connectivity index is 1.36. The molecule has 4 aliphatic rings. The minimum absolute atomic E-state index is 0.400. The van der Waals surface area contributed by atoms with Gasteiger partial charge in [-0.2, -0.15) is 0 Å². The second-order valence-corrected chi connectivity index (χ2v) is 11.0. The molecule has 5 rings (SSSR count). The van der Waals surface area contributed by atoms with Crippen LogP contribution in [0, 0.1) is 40.9 Å². The van der Waals surface area contributed by atoms with Crippen molar-refractivity contribution in [2.75, 3.05) is 0 Å². The average molecular weight is 372 g/mol. The van der Waals surface area contributed by atoms with Gasteiger partial charge in [0.25, 0.3) is 0 Å². The van der Waals surface area contributed by atoms with Gasteiger partial charge in [-0.25, -0.2) is 4.68 Å². The van der Waals surface area contributed by atoms with Gasteiger partial charge >= 0.3 is 0 Å². The maximum absolute atomic E-state index is 10.6. The molecular formula is C23H37N3O. The Hall–Kier alpha value is -0.900. The van der Waals surface area contributed by atoms with Crippen LogP contribution in [0.15, 0.2) is 12.4 Å². The molecule has 1 aromatic rings. The summed E-state index contributed by atoms with van der Waals surface area (Å²) in [5.41, 5.74) is 0.0718. The van der Waals surface area contributed by atoms with Crippen molar-refractivity contribution in [2.24, 2.45) is 40.9 Å². The largest absolute Gasteiger partial charge is 0.390 e. The van der Waals surface area contributed by atoms with Gasteiger partial charge in [-0.1, -0.05) is 12.1 Å². The lowest BCUT2D eigenvalue weighted by Crippen LogP contribution is -2.50. The molecular weight excluding hydrogens is 334 g/mol. The highest BCUT2D eigenvalue weighted by Crippen LogP contribution is 2.66. The van der Waals surface area contributed by atoms with Gasteiger partial charge in [0, 0.05) is 6.20 Å². The molecule has 0 saturated heterocycles. The maximum atomic E-state index is 10.6. The van der Waals surface area contributed by atoms with Gasteiger partial charge < -0.3 is 5.11 Å². The second-order valence-electron chi connectivity index (χ2n) is 11.0. The van der Waals surface area contributed by atoms with Crippen molar-refractivity contribution in [1.29, 1.82) is 0 Å². The van der Waals surface area contributed by atoms with Crippen LogP contribution in [0.5, 0.6) is 0 Å². The van der Waals surface area contributed by atoms with E-state index in [0.29, 0.717) is 11.5 Å². The van der Waals surface area contributed by atoms with Crippen LogP contribution in [0.25, 0.3) is 0 Å². The summed E-state index contributed by atoms with van der Waals surface area (Å²) in [5.74, 6) is 5.16. The standard InChI is InChI=1S/C23H37N3O/c1-15(26-13-12-24-25-26)20-6-7-21-19-5-4-16-14-22(2,27)10-8-17(16)18(19)9-11-23(20,21)3/h12-13,15-21,27H,4-11,14H2,1-3H3/t15-,16-,17+,18-,19-,20?,21+,22-,23-/m1/s1. The molecule has 4 saturated carbocycles. The summed E-state index contributed by atoms with van der Waals surface area (Å²) in [4.78, 5) is 0. The lowest BCUT2D eigenvalue weighted by molar-refractivity contribution is -0.102. The Morgan fingerprint density at radius 3 is 2.59 bits per heavy atom. The summed E-state index contributed by atoms with van der Waals surface area (Å²) in [7, 11) is 0. The molecule has 150 valence electrons. The SMILES string of the molecule is C[C@H](C1CC[C@H]2[C@@H]3CC[C@@H]4C[C@](C)(O)CC[C@@H]4[C@H]3CC[C@]12C)n1ccnn1. The third kappa shape index (κ3) is 2.81. The number of hydrogen-bond acceptors (Lipinski definition) is 3. The summed E-state index contributed by atoms with van der Waals surface area (Å²) in [6, 6.07) is 0.458. The Bertz CT molecular complexity index is 671. The quantitative estimate of drug-likeness (QED) is 0.808. The summed E-state index contributed by atoms with van der Waals surface area (Å²) >= 11 is 0. The monoisotopic (exact) mass is 371 g/mol. The third-order valence-electron chi connectivity index (χ3n) is 9.75. The van der Waals surface area contributed by atoms with Crippen LogP contribution in [0.3, 0.4) is 0 Å². The van der Waals surface area contributed by atoms with Gasteiger partial charge in [-0.15, -0.1) is 5.10 Å². The Labute approximate surface area is 164 Å². The Kier molecular flexibility index (Phi) is 4.24. The molecule has 9 atom stereocenters. The molecule has 0 bridgehead atoms. The molecule has 0 aromatic carbocycles. The fraction of sp³-hybridized carbons (Fsp3) is 0.913. The fourth-order valence-electron chi connectivity index (χ4n) is 8.53. The zero-order valence-electron chi connectivity index (χ0n) is 17.3. The van der Waals surface area contributed by atoms with Crippen molar-refractivity contribution in [3.8, 4) is 0 Å². The highest BCUT2D eigenvalue weighted by atomic mass is 16.3. The third-order valence-corrected chi connectivity index (χ3v) is 9.75. The topological polar surface area (TPSA) is 50.9 Å². The van der Waals surface area contributed by atoms with E-state index in [1.165, 1.54) is 44.9 Å². The van der Waals surface area contributed by atoms with Crippen LogP contribution in [-0.4, -0.2) is 25.7 Å². The van der Waals surface area contributed by atoms with Crippen LogP contribution in [0.2, 0.25) is 0 Å². The first-order valence-electron chi connectivity index (χ1n) is 11.5. The van der Waals surface area contributed by atoms with Crippen LogP contribution < -0.4 is 0 Å². The highest BCUT2D eigenvalue weighted by molar-refractivity contribution is 5.07. The smallest absolute Gasteiger partial charge is 0.0693 e. The number of aromatic nitrogens is 3. The van der Waals surface area contributed by atoms with Crippen LogP contribution in [0.1, 0.15) is 84.6 Å². The molecule has 1 heterocycles. The van der Waals surface area contributed by atoms with Gasteiger partial charge in [0.2, 0.25) is 0 Å². The van der Waals surface area contributed by atoms with Crippen molar-refractivity contribution < 1.29 is 5.11 Å². The first-order valence-corrected chi connectivity index (χ1v) is 11.5. The first-order chi connectivity index (χ1) is 12.9. The number of hydrogen-bond donors (Lipinski definition) is 1. The molecule has 0 radical (unpaired) electrons. The molecule has 0 aliphatic heterocycles. The van der Waals surface area contributed by atoms with Gasteiger partial charge in [0.1, 0.15) is 0 Å². The molecule has 27 heavy (non-hydrogen) atoms. The van der Waals surface area contributed by atoms with Crippen molar-refractivity contribution in [3.05, 3.63) is 12.4 Å². The minimum atomic E-state index is -0.400. The van der Waals surface area contributed by atoms with E-state index in [-0.39, 0.29) is 0 Å². The number of rotatable bonds is 2. The van der Waals surface area contributed by atoms with E-state index < -0.39 is 5.60 Å². The normalized spacial score (nSPS) is 50.5. The predicted molar refractivity (Wildman–Crippen MR) is 106 cm³/mol. The van der Waals surface area contributed by atoms with Gasteiger partial charge in [0.15, 0.2) is 0 Å². The zero-order chi connectivity index (χ0) is 18.8. The highest BCUT2D eigenvalue weighted by Gasteiger charge is 2.58. The lowest BCUT2D eigenvalue weighted by atomic mass is 9.49. The van der Waals surface area contributed by atoms with E-state index in [1.54, 1.807) is 0 Å². The molecule has 1 unspecified atom stereocenters. The molecule has 4 fully saturated rings. The predicted octanol–water partition coefficient (Wildman–Crippen LogP) is 4.86. The molecule has 1 N–H and O–H groups in total. The lowest BCUT2D eigenvalue weighted by Gasteiger charge is -2.57. The Morgan fingerprint density at radius 1 is 1.00 bits per heavy atom. The van der Waals surface area contributed by atoms with Crippen molar-refractivity contribution in [3.63, 3.8) is 0 Å². The Morgan fingerprint density at radius 2 is 1.81 bits per heavy atom. The summed E-state index contributed by atoms with van der Waals surface area (Å²) in [6.07, 6.45) is 15.5. The average Bonchev–Trinajstić information content (AvgIpc) is 3.27. The van der Waals surface area contributed by atoms with Gasteiger partial charge in [0.05, 0.1) is 17.8 Å². The van der Waals surface area contributed by atoms with E-state index in [1.807, 2.05) is 12.4 Å². The molecule has 0 amide bonds. The van der Waals surface area contributed by atoms with Crippen molar-refractivity contribution in [2.45, 2.75) is 90.2 Å². The molecule has 4 aliphatic carbocycles. The molecule has 1 aromatic heterocycles. The van der Waals surface area contributed by atoms with Crippen molar-refractivity contribution in [1.82, 2.24) is 15.0 Å². The molecule has 4 nitrogen and oxygen atoms in total. The molecule has 0 spiro atoms. The number of aliphatic hydroxyl groups is 1. The van der Waals surface area contributed by atoms with E-state index in [2.05, 4.69) is 35.8 Å². The maximum Gasteiger partial charge on any atom is 0.0693 e. The fourth-order valence-corrected chi connectivity index (χ4v) is 8.53. The second kappa shape index (κ2) is 6.30. The number of nitrogens with zero attached hydrogens (tertiary/aromatic N) is 3. The van der Waals surface area contributed by atoms with Crippen LogP contribution in [0.4, 0.5) is 0 Å². The number of fused-ring (bicyclic) bond motifs is 5. The first kappa shape index (κ1) is 18.1. The van der Waals surface area contributed by atoms with Crippen molar-refractivity contribution >= 4 is 0 Å². The van der Waals surface area contributed by atoms with Crippen LogP contribution >= 0.6 is 0 Å². The van der Waals surface area contributed by atoms with E-state index in [9.17, 15) is 5.11 Å². The summed E-state index contributed by atoms with van der Waals surface area (Å²) in [6.45, 7) is 7.04. The zero-order valence-corrected chi connectivity index (χ0v) is 17.3. The van der Waals surface area contributed by atoms with Gasteiger partial charge in [-0.3, -0.25) is 0 Å². The molecule has 4 heteroatoms. The summed E-state index contributed by atoms with van der Waals surface area (Å²) in [5, 5.41) is 19.0.